The topological polar surface area (TPSA) is 107 Å². The molecule has 1 atom stereocenters. The Kier molecular flexibility index (Phi) is 6.99. The predicted octanol–water partition coefficient (Wildman–Crippen LogP) is 5.25. The minimum absolute atomic E-state index is 0.0865. The molecule has 9 heteroatoms. The Hall–Kier alpha value is -4.58. The Morgan fingerprint density at radius 2 is 1.70 bits per heavy atom. The van der Waals surface area contributed by atoms with Crippen molar-refractivity contribution < 1.29 is 14.3 Å². The Balaban J connectivity index is 1.20. The van der Waals surface area contributed by atoms with Crippen molar-refractivity contribution in [3.63, 3.8) is 0 Å². The van der Waals surface area contributed by atoms with Gasteiger partial charge in [-0.1, -0.05) is 24.3 Å². The van der Waals surface area contributed by atoms with Crippen molar-refractivity contribution >= 4 is 17.6 Å². The number of likely N-dealkylation sites (tertiary alicyclic amines) is 1. The number of para-hydroxylation sites is 1. The lowest BCUT2D eigenvalue weighted by Crippen LogP contribution is -2.42. The number of primary amides is 1. The number of rotatable bonds is 7. The molecule has 3 aromatic rings. The lowest BCUT2D eigenvalue weighted by molar-refractivity contribution is -0.128. The van der Waals surface area contributed by atoms with Crippen LogP contribution in [-0.2, 0) is 4.79 Å². The molecule has 3 N–H and O–H groups in total. The van der Waals surface area contributed by atoms with E-state index in [1.54, 1.807) is 0 Å². The number of hydrogen-bond donors (Lipinski definition) is 2. The number of nitrogens with one attached hydrogen (secondary N) is 1. The molecule has 204 valence electrons. The molecule has 0 bridgehead atoms. The molecule has 2 aromatic carbocycles. The maximum atomic E-state index is 12.9. The molecule has 6 rings (SSSR count). The van der Waals surface area contributed by atoms with Crippen molar-refractivity contribution in [2.45, 2.75) is 38.1 Å². The third-order valence-corrected chi connectivity index (χ3v) is 8.04. The van der Waals surface area contributed by atoms with Crippen molar-refractivity contribution in [3.05, 3.63) is 83.4 Å². The molecule has 3 heterocycles. The molecule has 2 fully saturated rings. The van der Waals surface area contributed by atoms with Crippen LogP contribution in [-0.4, -0.2) is 46.1 Å². The molecule has 1 saturated heterocycles. The number of anilines is 1. The van der Waals surface area contributed by atoms with E-state index in [1.165, 1.54) is 0 Å². The Morgan fingerprint density at radius 1 is 1.00 bits per heavy atom. The second kappa shape index (κ2) is 10.9. The van der Waals surface area contributed by atoms with E-state index >= 15 is 0 Å². The number of piperidine rings is 1. The first kappa shape index (κ1) is 25.7. The number of nitrogens with zero attached hydrogens (tertiary/aromatic N) is 4. The van der Waals surface area contributed by atoms with Crippen LogP contribution in [0.5, 0.6) is 11.5 Å². The van der Waals surface area contributed by atoms with Gasteiger partial charge in [-0.25, -0.2) is 9.53 Å². The van der Waals surface area contributed by atoms with Crippen molar-refractivity contribution in [2.75, 3.05) is 25.0 Å². The first-order chi connectivity index (χ1) is 19.5. The standard InChI is InChI=1S/C31H32N6O3/c1-33-25(19-20-7-8-20)31(39)36-17-14-21(15-18-36)26-13-16-34-30-27(29(32)38)28(35-37(26)30)22-9-11-24(12-10-22)40-23-5-3-2-4-6-23/h2-6,9-12,19-21,26,34H,7-8,13-18H2,(H2,32,38)/b25-19+. The van der Waals surface area contributed by atoms with Crippen LogP contribution >= 0.6 is 0 Å². The molecular formula is C31H32N6O3. The average molecular weight is 537 g/mol. The van der Waals surface area contributed by atoms with Crippen LogP contribution in [0.15, 0.2) is 66.4 Å². The van der Waals surface area contributed by atoms with Crippen LogP contribution in [0.25, 0.3) is 16.1 Å². The highest BCUT2D eigenvalue weighted by atomic mass is 16.5. The number of carbonyl (C=O) groups is 2. The summed E-state index contributed by atoms with van der Waals surface area (Å²) >= 11 is 0. The van der Waals surface area contributed by atoms with E-state index in [0.717, 1.165) is 43.4 Å². The van der Waals surface area contributed by atoms with E-state index in [2.05, 4.69) is 10.2 Å². The maximum Gasteiger partial charge on any atom is 0.254 e. The number of fused-ring (bicyclic) bond motifs is 1. The Bertz CT molecular complexity index is 1480. The number of aromatic nitrogens is 2. The fourth-order valence-corrected chi connectivity index (χ4v) is 5.77. The smallest absolute Gasteiger partial charge is 0.254 e. The van der Waals surface area contributed by atoms with Crippen LogP contribution in [0, 0.1) is 18.4 Å². The number of benzene rings is 2. The Labute approximate surface area is 233 Å². The zero-order valence-corrected chi connectivity index (χ0v) is 22.3. The number of carbonyl (C=O) groups excluding carboxylic acids is 2. The molecule has 40 heavy (non-hydrogen) atoms. The van der Waals surface area contributed by atoms with E-state index in [1.807, 2.05) is 70.3 Å². The van der Waals surface area contributed by atoms with Crippen LogP contribution in [0.4, 0.5) is 5.82 Å². The van der Waals surface area contributed by atoms with E-state index in [0.29, 0.717) is 54.3 Å². The molecule has 0 radical (unpaired) electrons. The van der Waals surface area contributed by atoms with Crippen molar-refractivity contribution in [3.8, 4) is 22.8 Å². The number of ether oxygens (including phenoxy) is 1. The second-order valence-corrected chi connectivity index (χ2v) is 10.7. The fourth-order valence-electron chi connectivity index (χ4n) is 5.77. The number of allylic oxidation sites excluding steroid dienone is 1. The summed E-state index contributed by atoms with van der Waals surface area (Å²) in [6.45, 7) is 9.38. The van der Waals surface area contributed by atoms with E-state index in [9.17, 15) is 9.59 Å². The summed E-state index contributed by atoms with van der Waals surface area (Å²) in [4.78, 5) is 30.9. The summed E-state index contributed by atoms with van der Waals surface area (Å²) in [6, 6.07) is 17.1. The van der Waals surface area contributed by atoms with Gasteiger partial charge in [-0.05, 0) is 80.3 Å². The van der Waals surface area contributed by atoms with Crippen LogP contribution in [0.2, 0.25) is 0 Å². The number of nitrogens with two attached hydrogens (primary N) is 1. The van der Waals surface area contributed by atoms with Gasteiger partial charge in [0.15, 0.2) is 0 Å². The normalized spacial score (nSPS) is 19.3. The van der Waals surface area contributed by atoms with Crippen molar-refractivity contribution in [2.24, 2.45) is 17.6 Å². The Morgan fingerprint density at radius 3 is 2.35 bits per heavy atom. The molecule has 1 aliphatic carbocycles. The van der Waals surface area contributed by atoms with E-state index in [-0.39, 0.29) is 17.6 Å². The molecule has 9 nitrogen and oxygen atoms in total. The summed E-state index contributed by atoms with van der Waals surface area (Å²) in [5.41, 5.74) is 7.86. The predicted molar refractivity (Wildman–Crippen MR) is 152 cm³/mol. The minimum atomic E-state index is -0.524. The molecule has 2 aliphatic heterocycles. The first-order valence-corrected chi connectivity index (χ1v) is 13.9. The van der Waals surface area contributed by atoms with Crippen molar-refractivity contribution in [1.82, 2.24) is 14.7 Å². The summed E-state index contributed by atoms with van der Waals surface area (Å²) in [6.07, 6.45) is 6.48. The summed E-state index contributed by atoms with van der Waals surface area (Å²) in [5.74, 6) is 2.10. The number of hydrogen-bond acceptors (Lipinski definition) is 5. The van der Waals surface area contributed by atoms with Gasteiger partial charge < -0.3 is 20.7 Å². The quantitative estimate of drug-likeness (QED) is 0.317. The van der Waals surface area contributed by atoms with Gasteiger partial charge in [-0.2, -0.15) is 5.10 Å². The third kappa shape index (κ3) is 5.17. The monoisotopic (exact) mass is 536 g/mol. The minimum Gasteiger partial charge on any atom is -0.457 e. The highest BCUT2D eigenvalue weighted by Gasteiger charge is 2.36. The molecule has 1 aromatic heterocycles. The molecule has 2 amide bonds. The molecule has 0 spiro atoms. The lowest BCUT2D eigenvalue weighted by Gasteiger charge is -2.38. The van der Waals surface area contributed by atoms with Gasteiger partial charge in [0.1, 0.15) is 28.6 Å². The van der Waals surface area contributed by atoms with Crippen molar-refractivity contribution in [1.29, 1.82) is 0 Å². The summed E-state index contributed by atoms with van der Waals surface area (Å²) in [7, 11) is 0. The fraction of sp³-hybridized carbons (Fsp3) is 0.355. The van der Waals surface area contributed by atoms with Gasteiger partial charge in [0.05, 0.1) is 12.6 Å². The molecule has 3 aliphatic rings. The van der Waals surface area contributed by atoms with Crippen LogP contribution < -0.4 is 15.8 Å². The highest BCUT2D eigenvalue weighted by Crippen LogP contribution is 2.40. The zero-order chi connectivity index (χ0) is 27.6. The van der Waals surface area contributed by atoms with Gasteiger partial charge in [-0.15, -0.1) is 0 Å². The molecule has 1 saturated carbocycles. The second-order valence-electron chi connectivity index (χ2n) is 10.7. The van der Waals surface area contributed by atoms with Gasteiger partial charge in [0, 0.05) is 25.2 Å². The summed E-state index contributed by atoms with van der Waals surface area (Å²) < 4.78 is 7.85. The van der Waals surface area contributed by atoms with E-state index < -0.39 is 5.91 Å². The highest BCUT2D eigenvalue weighted by molar-refractivity contribution is 6.04. The van der Waals surface area contributed by atoms with Crippen LogP contribution in [0.1, 0.15) is 48.5 Å². The third-order valence-electron chi connectivity index (χ3n) is 8.04. The number of amides is 2. The molecular weight excluding hydrogens is 504 g/mol. The van der Waals surface area contributed by atoms with E-state index in [4.69, 9.17) is 22.1 Å². The van der Waals surface area contributed by atoms with Gasteiger partial charge in [0.25, 0.3) is 11.8 Å². The largest absolute Gasteiger partial charge is 0.457 e. The summed E-state index contributed by atoms with van der Waals surface area (Å²) in [5, 5.41) is 8.29. The first-order valence-electron chi connectivity index (χ1n) is 13.9. The van der Waals surface area contributed by atoms with Gasteiger partial charge >= 0.3 is 0 Å². The average Bonchev–Trinajstić information content (AvgIpc) is 3.72. The van der Waals surface area contributed by atoms with Gasteiger partial charge in [0.2, 0.25) is 5.70 Å². The maximum absolute atomic E-state index is 12.9. The zero-order valence-electron chi connectivity index (χ0n) is 22.3. The SMILES string of the molecule is [C-]#[N+]/C(=C/C1CC1)C(=O)N1CCC(C2CCNc3c(C(N)=O)c(-c4ccc(Oc5ccccc5)cc4)nn32)CC1. The lowest BCUT2D eigenvalue weighted by atomic mass is 9.86. The van der Waals surface area contributed by atoms with Gasteiger partial charge in [-0.3, -0.25) is 9.59 Å². The molecule has 1 unspecified atom stereocenters. The van der Waals surface area contributed by atoms with Crippen LogP contribution in [0.3, 0.4) is 0 Å².